The SMILES string of the molecule is O=C(O)c1c(-c2ccccc2)c(=O)[nH]c2ccccc12. The molecule has 3 rings (SSSR count). The molecule has 0 fully saturated rings. The van der Waals surface area contributed by atoms with Crippen molar-refractivity contribution in [2.75, 3.05) is 0 Å². The van der Waals surface area contributed by atoms with E-state index in [1.807, 2.05) is 6.07 Å². The van der Waals surface area contributed by atoms with E-state index in [0.717, 1.165) is 0 Å². The van der Waals surface area contributed by atoms with E-state index in [1.165, 1.54) is 0 Å². The molecule has 0 atom stereocenters. The van der Waals surface area contributed by atoms with Crippen LogP contribution in [0.5, 0.6) is 0 Å². The van der Waals surface area contributed by atoms with Gasteiger partial charge in [0.25, 0.3) is 5.56 Å². The number of hydrogen-bond donors (Lipinski definition) is 2. The number of carboxylic acid groups (broad SMARTS) is 1. The van der Waals surface area contributed by atoms with E-state index >= 15 is 0 Å². The molecular weight excluding hydrogens is 254 g/mol. The van der Waals surface area contributed by atoms with Gasteiger partial charge in [-0.1, -0.05) is 48.5 Å². The lowest BCUT2D eigenvalue weighted by Gasteiger charge is -2.09. The van der Waals surface area contributed by atoms with Crippen molar-refractivity contribution in [2.45, 2.75) is 0 Å². The van der Waals surface area contributed by atoms with E-state index in [1.54, 1.807) is 48.5 Å². The highest BCUT2D eigenvalue weighted by Gasteiger charge is 2.19. The standard InChI is InChI=1S/C16H11NO3/c18-15-13(10-6-2-1-3-7-10)14(16(19)20)11-8-4-5-9-12(11)17-15/h1-9H,(H,17,18)(H,19,20). The summed E-state index contributed by atoms with van der Waals surface area (Å²) in [4.78, 5) is 26.6. The highest BCUT2D eigenvalue weighted by atomic mass is 16.4. The largest absolute Gasteiger partial charge is 0.478 e. The van der Waals surface area contributed by atoms with E-state index in [2.05, 4.69) is 4.98 Å². The summed E-state index contributed by atoms with van der Waals surface area (Å²) in [6.07, 6.45) is 0. The fourth-order valence-electron chi connectivity index (χ4n) is 2.35. The molecule has 4 heteroatoms. The molecule has 3 aromatic rings. The van der Waals surface area contributed by atoms with Crippen molar-refractivity contribution in [3.05, 3.63) is 70.5 Å². The van der Waals surface area contributed by atoms with Crippen molar-refractivity contribution < 1.29 is 9.90 Å². The predicted molar refractivity (Wildman–Crippen MR) is 77.0 cm³/mol. The number of benzene rings is 2. The van der Waals surface area contributed by atoms with Crippen molar-refractivity contribution >= 4 is 16.9 Å². The molecule has 0 spiro atoms. The van der Waals surface area contributed by atoms with Gasteiger partial charge < -0.3 is 10.1 Å². The Bertz CT molecular complexity index is 850. The lowest BCUT2D eigenvalue weighted by molar-refractivity contribution is 0.0699. The average molecular weight is 265 g/mol. The minimum Gasteiger partial charge on any atom is -0.478 e. The fraction of sp³-hybridized carbons (Fsp3) is 0. The van der Waals surface area contributed by atoms with Crippen LogP contribution >= 0.6 is 0 Å². The van der Waals surface area contributed by atoms with Crippen molar-refractivity contribution in [2.24, 2.45) is 0 Å². The quantitative estimate of drug-likeness (QED) is 0.748. The Morgan fingerprint density at radius 1 is 0.950 bits per heavy atom. The lowest BCUT2D eigenvalue weighted by Crippen LogP contribution is -2.15. The molecule has 0 saturated heterocycles. The minimum absolute atomic E-state index is 0.0375. The van der Waals surface area contributed by atoms with Crippen molar-refractivity contribution in [1.29, 1.82) is 0 Å². The molecule has 1 heterocycles. The van der Waals surface area contributed by atoms with Crippen LogP contribution < -0.4 is 5.56 Å². The summed E-state index contributed by atoms with van der Waals surface area (Å²) < 4.78 is 0. The molecule has 98 valence electrons. The summed E-state index contributed by atoms with van der Waals surface area (Å²) in [5.41, 5.74) is 0.950. The molecule has 0 aliphatic rings. The highest BCUT2D eigenvalue weighted by Crippen LogP contribution is 2.25. The Hall–Kier alpha value is -2.88. The van der Waals surface area contributed by atoms with Gasteiger partial charge >= 0.3 is 5.97 Å². The maximum absolute atomic E-state index is 12.2. The van der Waals surface area contributed by atoms with Crippen LogP contribution in [0.3, 0.4) is 0 Å². The molecule has 0 saturated carbocycles. The molecule has 0 amide bonds. The monoisotopic (exact) mass is 265 g/mol. The number of carbonyl (C=O) groups is 1. The molecule has 2 aromatic carbocycles. The molecule has 0 aliphatic carbocycles. The van der Waals surface area contributed by atoms with Crippen molar-refractivity contribution in [3.63, 3.8) is 0 Å². The van der Waals surface area contributed by atoms with Gasteiger partial charge in [0.2, 0.25) is 0 Å². The van der Waals surface area contributed by atoms with Crippen LogP contribution in [0, 0.1) is 0 Å². The number of carboxylic acids is 1. The third-order valence-corrected chi connectivity index (χ3v) is 3.20. The van der Waals surface area contributed by atoms with Crippen LogP contribution in [0.4, 0.5) is 0 Å². The Morgan fingerprint density at radius 2 is 1.60 bits per heavy atom. The molecule has 4 nitrogen and oxygen atoms in total. The first kappa shape index (κ1) is 12.2. The second-order valence-electron chi connectivity index (χ2n) is 4.42. The number of aromatic carboxylic acids is 1. The van der Waals surface area contributed by atoms with Crippen LogP contribution in [-0.2, 0) is 0 Å². The summed E-state index contributed by atoms with van der Waals surface area (Å²) in [7, 11) is 0. The number of nitrogens with one attached hydrogen (secondary N) is 1. The van der Waals surface area contributed by atoms with Gasteiger partial charge in [-0.2, -0.15) is 0 Å². The van der Waals surface area contributed by atoms with Gasteiger partial charge in [0.05, 0.1) is 11.1 Å². The van der Waals surface area contributed by atoms with Crippen molar-refractivity contribution in [3.8, 4) is 11.1 Å². The van der Waals surface area contributed by atoms with Crippen LogP contribution in [0.25, 0.3) is 22.0 Å². The maximum Gasteiger partial charge on any atom is 0.337 e. The molecule has 0 unspecified atom stereocenters. The van der Waals surface area contributed by atoms with Crippen LogP contribution in [0.15, 0.2) is 59.4 Å². The Morgan fingerprint density at radius 3 is 2.30 bits per heavy atom. The second-order valence-corrected chi connectivity index (χ2v) is 4.42. The van der Waals surface area contributed by atoms with Crippen LogP contribution in [0.1, 0.15) is 10.4 Å². The van der Waals surface area contributed by atoms with Gasteiger partial charge in [0.15, 0.2) is 0 Å². The molecule has 20 heavy (non-hydrogen) atoms. The van der Waals surface area contributed by atoms with E-state index in [4.69, 9.17) is 0 Å². The maximum atomic E-state index is 12.2. The smallest absolute Gasteiger partial charge is 0.337 e. The molecule has 2 N–H and O–H groups in total. The summed E-state index contributed by atoms with van der Waals surface area (Å²) in [5.74, 6) is -1.11. The zero-order valence-electron chi connectivity index (χ0n) is 10.5. The Kier molecular flexibility index (Phi) is 2.84. The summed E-state index contributed by atoms with van der Waals surface area (Å²) in [5, 5.41) is 10.0. The molecule has 0 radical (unpaired) electrons. The van der Waals surface area contributed by atoms with Gasteiger partial charge in [-0.15, -0.1) is 0 Å². The van der Waals surface area contributed by atoms with Crippen molar-refractivity contribution in [1.82, 2.24) is 4.98 Å². The lowest BCUT2D eigenvalue weighted by atomic mass is 9.97. The number of aromatic amines is 1. The van der Waals surface area contributed by atoms with Crippen LogP contribution in [0.2, 0.25) is 0 Å². The molecule has 1 aromatic heterocycles. The highest BCUT2D eigenvalue weighted by molar-refractivity contribution is 6.08. The zero-order chi connectivity index (χ0) is 14.1. The predicted octanol–water partition coefficient (Wildman–Crippen LogP) is 2.89. The van der Waals surface area contributed by atoms with Gasteiger partial charge in [-0.25, -0.2) is 4.79 Å². The number of fused-ring (bicyclic) bond motifs is 1. The Labute approximate surface area is 114 Å². The number of H-pyrrole nitrogens is 1. The molecule has 0 aliphatic heterocycles. The van der Waals surface area contributed by atoms with Gasteiger partial charge in [-0.05, 0) is 11.6 Å². The van der Waals surface area contributed by atoms with Gasteiger partial charge in [-0.3, -0.25) is 4.79 Å². The van der Waals surface area contributed by atoms with Crippen LogP contribution in [-0.4, -0.2) is 16.1 Å². The minimum atomic E-state index is -1.11. The number of pyridine rings is 1. The topological polar surface area (TPSA) is 70.2 Å². The van der Waals surface area contributed by atoms with E-state index in [0.29, 0.717) is 16.5 Å². The number of hydrogen-bond acceptors (Lipinski definition) is 2. The third-order valence-electron chi connectivity index (χ3n) is 3.20. The summed E-state index contributed by atoms with van der Waals surface area (Å²) >= 11 is 0. The second kappa shape index (κ2) is 4.66. The average Bonchev–Trinajstić information content (AvgIpc) is 2.46. The zero-order valence-corrected chi connectivity index (χ0v) is 10.5. The first-order valence-electron chi connectivity index (χ1n) is 6.12. The van der Waals surface area contributed by atoms with Gasteiger partial charge in [0.1, 0.15) is 0 Å². The number of para-hydroxylation sites is 1. The summed E-state index contributed by atoms with van der Waals surface area (Å²) in [6, 6.07) is 15.7. The first-order valence-corrected chi connectivity index (χ1v) is 6.12. The van der Waals surface area contributed by atoms with E-state index < -0.39 is 11.5 Å². The Balaban J connectivity index is 2.48. The van der Waals surface area contributed by atoms with Gasteiger partial charge in [0, 0.05) is 10.9 Å². The number of rotatable bonds is 2. The number of aromatic nitrogens is 1. The fourth-order valence-corrected chi connectivity index (χ4v) is 2.35. The first-order chi connectivity index (χ1) is 9.68. The molecular formula is C16H11NO3. The van der Waals surface area contributed by atoms with E-state index in [9.17, 15) is 14.7 Å². The van der Waals surface area contributed by atoms with E-state index in [-0.39, 0.29) is 11.1 Å². The summed E-state index contributed by atoms with van der Waals surface area (Å²) in [6.45, 7) is 0. The normalized spacial score (nSPS) is 10.6. The third kappa shape index (κ3) is 1.87. The molecule has 0 bridgehead atoms.